The third-order valence-electron chi connectivity index (χ3n) is 4.92. The Bertz CT molecular complexity index is 1110. The average molecular weight is 380 g/mol. The largest absolute Gasteiger partial charge is 0.456 e. The van der Waals surface area contributed by atoms with Gasteiger partial charge in [-0.05, 0) is 37.3 Å². The molecule has 0 bridgehead atoms. The van der Waals surface area contributed by atoms with Gasteiger partial charge in [-0.25, -0.2) is 4.79 Å². The molecule has 7 heteroatoms. The van der Waals surface area contributed by atoms with Gasteiger partial charge in [-0.1, -0.05) is 12.1 Å². The number of amides is 2. The van der Waals surface area contributed by atoms with E-state index >= 15 is 0 Å². The molecule has 0 spiro atoms. The van der Waals surface area contributed by atoms with Crippen molar-refractivity contribution < 1.29 is 18.7 Å². The Balaban J connectivity index is 1.58. The van der Waals surface area contributed by atoms with Gasteiger partial charge < -0.3 is 19.0 Å². The molecule has 0 atom stereocenters. The standard InChI is InChI=1S/C21H20N2O5/c1-2-27-21(26)23-11-9-22(10-12-23)20(25)14-7-8-18-16(13-14)19(24)15-5-3-4-6-17(15)28-18/h3-8,13H,2,9-12H2,1H3. The van der Waals surface area contributed by atoms with Gasteiger partial charge in [0.15, 0.2) is 0 Å². The fraction of sp³-hybridized carbons (Fsp3) is 0.286. The van der Waals surface area contributed by atoms with Crippen LogP contribution in [0, 0.1) is 0 Å². The molecular weight excluding hydrogens is 360 g/mol. The zero-order chi connectivity index (χ0) is 19.7. The molecule has 2 aromatic carbocycles. The van der Waals surface area contributed by atoms with Crippen LogP contribution in [0.2, 0.25) is 0 Å². The van der Waals surface area contributed by atoms with Crippen LogP contribution in [0.5, 0.6) is 0 Å². The van der Waals surface area contributed by atoms with E-state index in [9.17, 15) is 14.4 Å². The van der Waals surface area contributed by atoms with Gasteiger partial charge in [0.1, 0.15) is 11.2 Å². The number of nitrogens with zero attached hydrogens (tertiary/aromatic N) is 2. The number of ether oxygens (including phenoxy) is 1. The first-order chi connectivity index (χ1) is 13.6. The van der Waals surface area contributed by atoms with Crippen molar-refractivity contribution in [2.45, 2.75) is 6.92 Å². The molecule has 1 fully saturated rings. The van der Waals surface area contributed by atoms with Crippen LogP contribution in [0.25, 0.3) is 21.9 Å². The van der Waals surface area contributed by atoms with E-state index in [2.05, 4.69) is 0 Å². The molecule has 0 unspecified atom stereocenters. The molecule has 1 aliphatic heterocycles. The van der Waals surface area contributed by atoms with Crippen LogP contribution in [0.15, 0.2) is 51.7 Å². The van der Waals surface area contributed by atoms with E-state index in [4.69, 9.17) is 9.15 Å². The van der Waals surface area contributed by atoms with Gasteiger partial charge in [-0.15, -0.1) is 0 Å². The summed E-state index contributed by atoms with van der Waals surface area (Å²) in [4.78, 5) is 40.7. The van der Waals surface area contributed by atoms with Gasteiger partial charge in [-0.2, -0.15) is 0 Å². The molecule has 1 aromatic heterocycles. The third kappa shape index (κ3) is 3.19. The Kier molecular flexibility index (Phi) is 4.73. The quantitative estimate of drug-likeness (QED) is 0.639. The second kappa shape index (κ2) is 7.34. The summed E-state index contributed by atoms with van der Waals surface area (Å²) in [6.07, 6.45) is -0.357. The monoisotopic (exact) mass is 380 g/mol. The molecule has 0 aliphatic carbocycles. The molecular formula is C21H20N2O5. The first-order valence-corrected chi connectivity index (χ1v) is 9.25. The summed E-state index contributed by atoms with van der Waals surface area (Å²) < 4.78 is 10.8. The third-order valence-corrected chi connectivity index (χ3v) is 4.92. The van der Waals surface area contributed by atoms with E-state index in [1.165, 1.54) is 0 Å². The number of rotatable bonds is 2. The highest BCUT2D eigenvalue weighted by Crippen LogP contribution is 2.20. The van der Waals surface area contributed by atoms with Crippen LogP contribution in [0.4, 0.5) is 4.79 Å². The summed E-state index contributed by atoms with van der Waals surface area (Å²) in [5, 5.41) is 0.873. The molecule has 4 rings (SSSR count). The first kappa shape index (κ1) is 18.0. The van der Waals surface area contributed by atoms with Crippen LogP contribution >= 0.6 is 0 Å². The lowest BCUT2D eigenvalue weighted by Crippen LogP contribution is -2.50. The predicted molar refractivity (Wildman–Crippen MR) is 104 cm³/mol. The number of fused-ring (bicyclic) bond motifs is 2. The zero-order valence-corrected chi connectivity index (χ0v) is 15.5. The van der Waals surface area contributed by atoms with Gasteiger partial charge in [0.25, 0.3) is 5.91 Å². The maximum absolute atomic E-state index is 12.9. The maximum atomic E-state index is 12.9. The Morgan fingerprint density at radius 1 is 0.964 bits per heavy atom. The summed E-state index contributed by atoms with van der Waals surface area (Å²) >= 11 is 0. The minimum Gasteiger partial charge on any atom is -0.456 e. The Morgan fingerprint density at radius 3 is 2.39 bits per heavy atom. The molecule has 7 nitrogen and oxygen atoms in total. The normalized spacial score (nSPS) is 14.5. The number of carbonyl (C=O) groups is 2. The average Bonchev–Trinajstić information content (AvgIpc) is 2.73. The van der Waals surface area contributed by atoms with E-state index in [0.29, 0.717) is 60.3 Å². The van der Waals surface area contributed by atoms with Gasteiger partial charge in [0, 0.05) is 31.7 Å². The topological polar surface area (TPSA) is 80.1 Å². The van der Waals surface area contributed by atoms with Crippen molar-refractivity contribution in [2.24, 2.45) is 0 Å². The van der Waals surface area contributed by atoms with Gasteiger partial charge in [-0.3, -0.25) is 9.59 Å². The molecule has 2 heterocycles. The van der Waals surface area contributed by atoms with E-state index in [-0.39, 0.29) is 17.4 Å². The highest BCUT2D eigenvalue weighted by molar-refractivity contribution is 5.99. The highest BCUT2D eigenvalue weighted by Gasteiger charge is 2.25. The molecule has 1 saturated heterocycles. The summed E-state index contributed by atoms with van der Waals surface area (Å²) in [6, 6.07) is 12.0. The Hall–Kier alpha value is -3.35. The van der Waals surface area contributed by atoms with Crippen LogP contribution in [-0.2, 0) is 4.74 Å². The van der Waals surface area contributed by atoms with E-state index in [1.807, 2.05) is 6.07 Å². The van der Waals surface area contributed by atoms with Crippen molar-refractivity contribution in [3.05, 3.63) is 58.3 Å². The van der Waals surface area contributed by atoms with Crippen molar-refractivity contribution in [2.75, 3.05) is 32.8 Å². The number of hydrogen-bond acceptors (Lipinski definition) is 5. The Labute approximate surface area is 161 Å². The first-order valence-electron chi connectivity index (χ1n) is 9.25. The number of piperazine rings is 1. The van der Waals surface area contributed by atoms with E-state index < -0.39 is 0 Å². The zero-order valence-electron chi connectivity index (χ0n) is 15.5. The van der Waals surface area contributed by atoms with Crippen molar-refractivity contribution in [1.29, 1.82) is 0 Å². The molecule has 0 N–H and O–H groups in total. The molecule has 0 saturated carbocycles. The SMILES string of the molecule is CCOC(=O)N1CCN(C(=O)c2ccc3oc4ccccc4c(=O)c3c2)CC1. The fourth-order valence-corrected chi connectivity index (χ4v) is 3.43. The number of hydrogen-bond donors (Lipinski definition) is 0. The Morgan fingerprint density at radius 2 is 1.64 bits per heavy atom. The van der Waals surface area contributed by atoms with E-state index in [0.717, 1.165) is 0 Å². The summed E-state index contributed by atoms with van der Waals surface area (Å²) in [6.45, 7) is 3.77. The summed E-state index contributed by atoms with van der Waals surface area (Å²) in [5.74, 6) is -0.169. The lowest BCUT2D eigenvalue weighted by Gasteiger charge is -2.34. The van der Waals surface area contributed by atoms with Crippen molar-refractivity contribution in [3.63, 3.8) is 0 Å². The smallest absolute Gasteiger partial charge is 0.409 e. The summed E-state index contributed by atoms with van der Waals surface area (Å²) in [7, 11) is 0. The fourth-order valence-electron chi connectivity index (χ4n) is 3.43. The summed E-state index contributed by atoms with van der Waals surface area (Å²) in [5.41, 5.74) is 1.25. The molecule has 0 radical (unpaired) electrons. The maximum Gasteiger partial charge on any atom is 0.409 e. The van der Waals surface area contributed by atoms with E-state index in [1.54, 1.807) is 53.1 Å². The van der Waals surface area contributed by atoms with Crippen LogP contribution in [0.1, 0.15) is 17.3 Å². The van der Waals surface area contributed by atoms with Crippen molar-refractivity contribution in [1.82, 2.24) is 9.80 Å². The lowest BCUT2D eigenvalue weighted by molar-refractivity contribution is 0.0570. The molecule has 144 valence electrons. The molecule has 3 aromatic rings. The molecule has 28 heavy (non-hydrogen) atoms. The van der Waals surface area contributed by atoms with Gasteiger partial charge >= 0.3 is 6.09 Å². The molecule has 1 aliphatic rings. The molecule has 2 amide bonds. The number of carbonyl (C=O) groups excluding carboxylic acids is 2. The van der Waals surface area contributed by atoms with Crippen LogP contribution in [0.3, 0.4) is 0 Å². The van der Waals surface area contributed by atoms with Gasteiger partial charge in [0.05, 0.1) is 17.4 Å². The minimum atomic E-state index is -0.357. The van der Waals surface area contributed by atoms with Crippen molar-refractivity contribution >= 4 is 33.9 Å². The second-order valence-electron chi connectivity index (χ2n) is 6.62. The number of para-hydroxylation sites is 1. The second-order valence-corrected chi connectivity index (χ2v) is 6.62. The highest BCUT2D eigenvalue weighted by atomic mass is 16.6. The lowest BCUT2D eigenvalue weighted by atomic mass is 10.1. The van der Waals surface area contributed by atoms with Crippen molar-refractivity contribution in [3.8, 4) is 0 Å². The number of benzene rings is 2. The van der Waals surface area contributed by atoms with Crippen LogP contribution < -0.4 is 5.43 Å². The minimum absolute atomic E-state index is 0.154. The predicted octanol–water partition coefficient (Wildman–Crippen LogP) is 2.86. The van der Waals surface area contributed by atoms with Gasteiger partial charge in [0.2, 0.25) is 5.43 Å². The van der Waals surface area contributed by atoms with Crippen LogP contribution in [-0.4, -0.2) is 54.6 Å².